The molecule has 0 bridgehead atoms. The van der Waals surface area contributed by atoms with E-state index >= 15 is 0 Å². The molecule has 2 aromatic carbocycles. The highest BCUT2D eigenvalue weighted by molar-refractivity contribution is 7.89. The fourth-order valence-electron chi connectivity index (χ4n) is 3.90. The normalized spacial score (nSPS) is 15.2. The lowest BCUT2D eigenvalue weighted by Gasteiger charge is -2.25. The van der Waals surface area contributed by atoms with Crippen molar-refractivity contribution in [2.45, 2.75) is 44.2 Å². The zero-order valence-electron chi connectivity index (χ0n) is 17.6. The molecule has 0 unspecified atom stereocenters. The predicted molar refractivity (Wildman–Crippen MR) is 119 cm³/mol. The highest BCUT2D eigenvalue weighted by Crippen LogP contribution is 2.26. The molecular weight excluding hydrogens is 457 g/mol. The van der Waals surface area contributed by atoms with E-state index in [0.29, 0.717) is 31.0 Å². The molecule has 1 fully saturated rings. The molecule has 0 aliphatic carbocycles. The Kier molecular flexibility index (Phi) is 6.50. The Morgan fingerprint density at radius 1 is 1.16 bits per heavy atom. The van der Waals surface area contributed by atoms with E-state index in [-0.39, 0.29) is 22.1 Å². The molecule has 1 aliphatic rings. The van der Waals surface area contributed by atoms with Crippen molar-refractivity contribution in [1.29, 1.82) is 0 Å². The fourth-order valence-corrected chi connectivity index (χ4v) is 5.68. The first kappa shape index (κ1) is 22.7. The summed E-state index contributed by atoms with van der Waals surface area (Å²) < 4.78 is 47.9. The number of fused-ring (bicyclic) bond motifs is 1. The lowest BCUT2D eigenvalue weighted by molar-refractivity contribution is 0.0459. The summed E-state index contributed by atoms with van der Waals surface area (Å²) in [6.07, 6.45) is 2.76. The Balaban J connectivity index is 1.59. The molecule has 1 aliphatic heterocycles. The number of carbonyl (C=O) groups is 1. The molecule has 10 heteroatoms. The summed E-state index contributed by atoms with van der Waals surface area (Å²) in [7, 11) is -3.58. The van der Waals surface area contributed by atoms with Crippen LogP contribution < -0.4 is 0 Å². The smallest absolute Gasteiger partial charge is 0.340 e. The molecule has 0 atom stereocenters. The van der Waals surface area contributed by atoms with Crippen LogP contribution in [0.1, 0.15) is 42.4 Å². The van der Waals surface area contributed by atoms with Gasteiger partial charge in [-0.05, 0) is 56.2 Å². The van der Waals surface area contributed by atoms with Crippen molar-refractivity contribution in [2.24, 2.45) is 0 Å². The van der Waals surface area contributed by atoms with Crippen LogP contribution in [-0.2, 0) is 27.9 Å². The first-order valence-electron chi connectivity index (χ1n) is 10.4. The molecule has 0 N–H and O–H groups in total. The molecule has 0 saturated carbocycles. The topological polar surface area (TPSA) is 81.5 Å². The summed E-state index contributed by atoms with van der Waals surface area (Å²) in [5.74, 6) is -0.769. The monoisotopic (exact) mass is 479 g/mol. The van der Waals surface area contributed by atoms with Crippen LogP contribution in [0.15, 0.2) is 41.3 Å². The van der Waals surface area contributed by atoms with Gasteiger partial charge in [-0.25, -0.2) is 22.6 Å². The van der Waals surface area contributed by atoms with Gasteiger partial charge in [-0.1, -0.05) is 18.0 Å². The number of benzene rings is 2. The van der Waals surface area contributed by atoms with E-state index < -0.39 is 21.8 Å². The molecule has 0 spiro atoms. The maximum atomic E-state index is 13.2. The minimum Gasteiger partial charge on any atom is -0.454 e. The van der Waals surface area contributed by atoms with Crippen LogP contribution in [0.25, 0.3) is 11.0 Å². The molecule has 1 aromatic heterocycles. The number of aryl methyl sites for hydroxylation is 1. The molecule has 0 amide bonds. The van der Waals surface area contributed by atoms with Gasteiger partial charge in [0.15, 0.2) is 0 Å². The summed E-state index contributed by atoms with van der Waals surface area (Å²) in [4.78, 5) is 17.1. The van der Waals surface area contributed by atoms with Crippen LogP contribution in [0.3, 0.4) is 0 Å². The Morgan fingerprint density at radius 2 is 1.91 bits per heavy atom. The lowest BCUT2D eigenvalue weighted by Crippen LogP contribution is -2.35. The van der Waals surface area contributed by atoms with Gasteiger partial charge >= 0.3 is 5.97 Å². The van der Waals surface area contributed by atoms with Gasteiger partial charge in [-0.2, -0.15) is 4.31 Å². The minimum atomic E-state index is -3.58. The quantitative estimate of drug-likeness (QED) is 0.490. The molecule has 7 nitrogen and oxygen atoms in total. The van der Waals surface area contributed by atoms with Crippen LogP contribution in [0.4, 0.5) is 4.39 Å². The molecule has 2 heterocycles. The first-order valence-corrected chi connectivity index (χ1v) is 12.2. The van der Waals surface area contributed by atoms with E-state index in [2.05, 4.69) is 4.98 Å². The van der Waals surface area contributed by atoms with Crippen molar-refractivity contribution in [1.82, 2.24) is 13.9 Å². The van der Waals surface area contributed by atoms with Gasteiger partial charge < -0.3 is 9.30 Å². The Morgan fingerprint density at radius 3 is 2.59 bits per heavy atom. The van der Waals surface area contributed by atoms with E-state index in [1.54, 1.807) is 18.2 Å². The lowest BCUT2D eigenvalue weighted by atomic mass is 10.2. The largest absolute Gasteiger partial charge is 0.454 e. The van der Waals surface area contributed by atoms with Crippen molar-refractivity contribution in [3.8, 4) is 0 Å². The van der Waals surface area contributed by atoms with Crippen molar-refractivity contribution < 1.29 is 22.3 Å². The number of carbonyl (C=O) groups excluding carboxylic acids is 1. The number of hydrogen-bond donors (Lipinski definition) is 0. The standard InChI is InChI=1S/C22H23ClFN3O4S/c1-2-27-20-9-7-16(32(29,30)26-10-4-3-5-11-26)13-19(20)25-21(27)14-31-22(28)17-8-6-15(24)12-18(17)23/h6-9,12-13H,2-5,10-11,14H2,1H3. The fraction of sp³-hybridized carbons (Fsp3) is 0.364. The van der Waals surface area contributed by atoms with Gasteiger partial charge in [-0.3, -0.25) is 0 Å². The number of sulfonamides is 1. The maximum absolute atomic E-state index is 13.2. The second-order valence-electron chi connectivity index (χ2n) is 7.59. The van der Waals surface area contributed by atoms with Crippen molar-refractivity contribution in [3.63, 3.8) is 0 Å². The van der Waals surface area contributed by atoms with Crippen molar-refractivity contribution >= 4 is 38.6 Å². The zero-order valence-corrected chi connectivity index (χ0v) is 19.1. The molecule has 170 valence electrons. The number of ether oxygens (including phenoxy) is 1. The van der Waals surface area contributed by atoms with Crippen molar-refractivity contribution in [2.75, 3.05) is 13.1 Å². The zero-order chi connectivity index (χ0) is 22.9. The van der Waals surface area contributed by atoms with E-state index in [0.717, 1.165) is 36.9 Å². The predicted octanol–water partition coefficient (Wildman–Crippen LogP) is 4.38. The molecule has 4 rings (SSSR count). The third kappa shape index (κ3) is 4.37. The SMILES string of the molecule is CCn1c(COC(=O)c2ccc(F)cc2Cl)nc2cc(S(=O)(=O)N3CCCCC3)ccc21. The van der Waals surface area contributed by atoms with Gasteiger partial charge in [-0.15, -0.1) is 0 Å². The van der Waals surface area contributed by atoms with Crippen LogP contribution in [0.2, 0.25) is 5.02 Å². The van der Waals surface area contributed by atoms with Crippen LogP contribution in [0.5, 0.6) is 0 Å². The van der Waals surface area contributed by atoms with Gasteiger partial charge in [0.05, 0.1) is 26.5 Å². The van der Waals surface area contributed by atoms with E-state index in [9.17, 15) is 17.6 Å². The number of rotatable bonds is 6. The third-order valence-corrected chi connectivity index (χ3v) is 7.76. The number of halogens is 2. The average Bonchev–Trinajstić information content (AvgIpc) is 3.14. The van der Waals surface area contributed by atoms with Crippen LogP contribution in [-0.4, -0.2) is 41.3 Å². The highest BCUT2D eigenvalue weighted by atomic mass is 35.5. The molecule has 1 saturated heterocycles. The summed E-state index contributed by atoms with van der Waals surface area (Å²) in [5, 5.41) is -0.0356. The minimum absolute atomic E-state index is 0.0356. The van der Waals surface area contributed by atoms with Gasteiger partial charge in [0, 0.05) is 19.6 Å². The average molecular weight is 480 g/mol. The Labute approximate surface area is 190 Å². The van der Waals surface area contributed by atoms with Gasteiger partial charge in [0.2, 0.25) is 10.0 Å². The number of esters is 1. The number of nitrogens with zero attached hydrogens (tertiary/aromatic N) is 3. The summed E-state index contributed by atoms with van der Waals surface area (Å²) in [6.45, 7) is 3.39. The number of imidazole rings is 1. The summed E-state index contributed by atoms with van der Waals surface area (Å²) in [5.41, 5.74) is 1.31. The molecule has 3 aromatic rings. The third-order valence-electron chi connectivity index (χ3n) is 5.55. The van der Waals surface area contributed by atoms with Crippen LogP contribution in [0, 0.1) is 5.82 Å². The van der Waals surface area contributed by atoms with E-state index in [1.807, 2.05) is 11.5 Å². The Bertz CT molecular complexity index is 1270. The summed E-state index contributed by atoms with van der Waals surface area (Å²) in [6, 6.07) is 8.32. The van der Waals surface area contributed by atoms with E-state index in [1.165, 1.54) is 10.4 Å². The molecule has 32 heavy (non-hydrogen) atoms. The van der Waals surface area contributed by atoms with Crippen LogP contribution >= 0.6 is 11.6 Å². The summed E-state index contributed by atoms with van der Waals surface area (Å²) >= 11 is 5.93. The molecule has 0 radical (unpaired) electrons. The van der Waals surface area contributed by atoms with E-state index in [4.69, 9.17) is 16.3 Å². The highest BCUT2D eigenvalue weighted by Gasteiger charge is 2.27. The Hall–Kier alpha value is -2.49. The van der Waals surface area contributed by atoms with Crippen molar-refractivity contribution in [3.05, 3.63) is 58.6 Å². The second kappa shape index (κ2) is 9.17. The second-order valence-corrected chi connectivity index (χ2v) is 9.93. The van der Waals surface area contributed by atoms with Gasteiger partial charge in [0.1, 0.15) is 18.2 Å². The number of aromatic nitrogens is 2. The number of piperidine rings is 1. The molecular formula is C22H23ClFN3O4S. The first-order chi connectivity index (χ1) is 15.3. The maximum Gasteiger partial charge on any atom is 0.340 e. The van der Waals surface area contributed by atoms with Gasteiger partial charge in [0.25, 0.3) is 0 Å². The number of hydrogen-bond acceptors (Lipinski definition) is 5.